The van der Waals surface area contributed by atoms with E-state index in [4.69, 9.17) is 6.42 Å². The zero-order chi connectivity index (χ0) is 22.6. The maximum Gasteiger partial charge on any atom is 0.322 e. The fourth-order valence-corrected chi connectivity index (χ4v) is 3.94. The first-order valence-corrected chi connectivity index (χ1v) is 11.0. The summed E-state index contributed by atoms with van der Waals surface area (Å²) in [5.74, 6) is 3.54. The lowest BCUT2D eigenvalue weighted by molar-refractivity contribution is 0.204. The molecule has 2 amide bonds. The molecule has 7 heteroatoms. The van der Waals surface area contributed by atoms with Crippen LogP contribution in [0.5, 0.6) is 0 Å². The maximum atomic E-state index is 13.1. The van der Waals surface area contributed by atoms with Gasteiger partial charge in [-0.15, -0.1) is 6.42 Å². The molecule has 2 N–H and O–H groups in total. The Morgan fingerprint density at radius 3 is 2.85 bits per heavy atom. The number of hydrogen-bond donors (Lipinski definition) is 2. The largest absolute Gasteiger partial charge is 0.340 e. The minimum absolute atomic E-state index is 0.0899. The van der Waals surface area contributed by atoms with Crippen LogP contribution in [0.15, 0.2) is 66.1 Å². The number of urea groups is 1. The van der Waals surface area contributed by atoms with E-state index < -0.39 is 0 Å². The molecule has 1 aromatic heterocycles. The Bertz CT molecular complexity index is 1290. The van der Waals surface area contributed by atoms with Crippen molar-refractivity contribution in [2.75, 3.05) is 17.2 Å². The summed E-state index contributed by atoms with van der Waals surface area (Å²) in [5, 5.41) is 7.19. The molecule has 33 heavy (non-hydrogen) atoms. The van der Waals surface area contributed by atoms with E-state index in [0.717, 1.165) is 41.4 Å². The number of amides is 2. The third-order valence-corrected chi connectivity index (χ3v) is 5.79. The average Bonchev–Trinajstić information content (AvgIpc) is 3.69. The molecule has 0 radical (unpaired) electrons. The second-order valence-electron chi connectivity index (χ2n) is 8.30. The highest BCUT2D eigenvalue weighted by atomic mass is 16.2. The number of anilines is 3. The fraction of sp³-hybridized carbons (Fsp3) is 0.231. The van der Waals surface area contributed by atoms with E-state index in [9.17, 15) is 4.79 Å². The van der Waals surface area contributed by atoms with Gasteiger partial charge in [0.1, 0.15) is 12.1 Å². The van der Waals surface area contributed by atoms with E-state index >= 15 is 0 Å². The molecular weight excluding hydrogens is 412 g/mol. The summed E-state index contributed by atoms with van der Waals surface area (Å²) >= 11 is 0. The van der Waals surface area contributed by atoms with E-state index in [0.29, 0.717) is 24.1 Å². The molecule has 0 spiro atoms. The van der Waals surface area contributed by atoms with Crippen LogP contribution in [0.1, 0.15) is 24.8 Å². The van der Waals surface area contributed by atoms with E-state index in [1.54, 1.807) is 0 Å². The number of hydrogen-bond acceptors (Lipinski definition) is 5. The van der Waals surface area contributed by atoms with Crippen LogP contribution in [0.3, 0.4) is 0 Å². The maximum absolute atomic E-state index is 13.1. The van der Waals surface area contributed by atoms with E-state index in [1.807, 2.05) is 65.9 Å². The smallest absolute Gasteiger partial charge is 0.322 e. The normalized spacial score (nSPS) is 16.9. The van der Waals surface area contributed by atoms with E-state index in [-0.39, 0.29) is 11.9 Å². The number of rotatable bonds is 6. The minimum atomic E-state index is -0.0899. The van der Waals surface area contributed by atoms with Crippen LogP contribution in [0, 0.1) is 18.3 Å². The third kappa shape index (κ3) is 4.85. The van der Waals surface area contributed by atoms with Gasteiger partial charge in [0.25, 0.3) is 0 Å². The van der Waals surface area contributed by atoms with Gasteiger partial charge in [-0.05, 0) is 55.7 Å². The van der Waals surface area contributed by atoms with Crippen LogP contribution in [-0.4, -0.2) is 39.7 Å². The third-order valence-electron chi connectivity index (χ3n) is 5.79. The second-order valence-corrected chi connectivity index (χ2v) is 8.30. The highest BCUT2D eigenvalue weighted by Gasteiger charge is 2.34. The van der Waals surface area contributed by atoms with Crippen molar-refractivity contribution < 1.29 is 4.79 Å². The van der Waals surface area contributed by atoms with Gasteiger partial charge in [-0.1, -0.05) is 18.1 Å². The lowest BCUT2D eigenvalue weighted by Crippen LogP contribution is -2.40. The first-order valence-electron chi connectivity index (χ1n) is 11.0. The lowest BCUT2D eigenvalue weighted by Gasteiger charge is -2.26. The number of aliphatic imine (C=N–C) groups is 1. The molecule has 1 saturated carbocycles. The highest BCUT2D eigenvalue weighted by Crippen LogP contribution is 2.30. The Balaban J connectivity index is 1.36. The molecule has 0 bridgehead atoms. The average molecular weight is 437 g/mol. The number of allylic oxidation sites excluding steroid dienone is 1. The van der Waals surface area contributed by atoms with Crippen molar-refractivity contribution in [3.63, 3.8) is 0 Å². The van der Waals surface area contributed by atoms with Crippen molar-refractivity contribution in [2.24, 2.45) is 10.9 Å². The molecule has 2 heterocycles. The van der Waals surface area contributed by atoms with Crippen LogP contribution in [0.25, 0.3) is 10.9 Å². The highest BCUT2D eigenvalue weighted by molar-refractivity contribution is 5.97. The topological polar surface area (TPSA) is 82.5 Å². The minimum Gasteiger partial charge on any atom is -0.340 e. The van der Waals surface area contributed by atoms with Gasteiger partial charge in [-0.2, -0.15) is 0 Å². The quantitative estimate of drug-likeness (QED) is 0.536. The molecule has 1 fully saturated rings. The number of aromatic nitrogens is 2. The van der Waals surface area contributed by atoms with Crippen LogP contribution < -0.4 is 10.6 Å². The van der Waals surface area contributed by atoms with Crippen molar-refractivity contribution in [2.45, 2.75) is 25.3 Å². The van der Waals surface area contributed by atoms with Gasteiger partial charge >= 0.3 is 6.03 Å². The molecule has 1 unspecified atom stereocenters. The van der Waals surface area contributed by atoms with Crippen LogP contribution in [-0.2, 0) is 0 Å². The van der Waals surface area contributed by atoms with E-state index in [2.05, 4.69) is 31.5 Å². The second kappa shape index (κ2) is 9.13. The molecule has 2 aliphatic rings. The summed E-state index contributed by atoms with van der Waals surface area (Å²) in [4.78, 5) is 28.1. The number of carbonyl (C=O) groups is 1. The summed E-state index contributed by atoms with van der Waals surface area (Å²) in [6, 6.07) is 13.4. The number of terminal acetylenes is 1. The predicted octanol–water partition coefficient (Wildman–Crippen LogP) is 4.96. The molecule has 3 aromatic rings. The Hall–Kier alpha value is -4.18. The molecular formula is C26H24N6O. The van der Waals surface area contributed by atoms with Crippen LogP contribution >= 0.6 is 0 Å². The van der Waals surface area contributed by atoms with Crippen LogP contribution in [0.2, 0.25) is 0 Å². The molecule has 1 aliphatic heterocycles. The Labute approximate surface area is 192 Å². The van der Waals surface area contributed by atoms with Gasteiger partial charge in [0, 0.05) is 53.2 Å². The molecule has 0 saturated heterocycles. The SMILES string of the molecule is C#Cc1cccc(Nc2ncnc3ccc(NC(=O)N(CC4C=NC=CC4)C4CC4)cc23)c1. The van der Waals surface area contributed by atoms with Crippen molar-refractivity contribution in [3.8, 4) is 12.3 Å². The van der Waals surface area contributed by atoms with Gasteiger partial charge in [0.2, 0.25) is 0 Å². The summed E-state index contributed by atoms with van der Waals surface area (Å²) in [5.41, 5.74) is 3.10. The molecule has 7 nitrogen and oxygen atoms in total. The lowest BCUT2D eigenvalue weighted by atomic mass is 10.1. The van der Waals surface area contributed by atoms with Crippen LogP contribution in [0.4, 0.5) is 22.0 Å². The number of nitrogens with one attached hydrogen (secondary N) is 2. The predicted molar refractivity (Wildman–Crippen MR) is 132 cm³/mol. The number of carbonyl (C=O) groups excluding carboxylic acids is 1. The zero-order valence-corrected chi connectivity index (χ0v) is 18.1. The van der Waals surface area contributed by atoms with Crippen molar-refractivity contribution in [3.05, 3.63) is 66.6 Å². The van der Waals surface area contributed by atoms with Gasteiger partial charge in [-0.25, -0.2) is 14.8 Å². The molecule has 1 atom stereocenters. The number of benzene rings is 2. The van der Waals surface area contributed by atoms with Crippen molar-refractivity contribution in [1.29, 1.82) is 0 Å². The summed E-state index contributed by atoms with van der Waals surface area (Å²) in [6.45, 7) is 0.666. The van der Waals surface area contributed by atoms with Gasteiger partial charge in [-0.3, -0.25) is 4.99 Å². The van der Waals surface area contributed by atoms with E-state index in [1.165, 1.54) is 6.33 Å². The first-order chi connectivity index (χ1) is 16.2. The standard InChI is InChI=1S/C26H24N6O/c1-2-18-5-3-7-20(13-18)30-25-23-14-21(8-11-24(23)28-17-29-25)31-26(33)32(22-9-10-22)16-19-6-4-12-27-15-19/h1,3-5,7-8,11-15,17,19,22H,6,9-10,16H2,(H,31,33)(H,28,29,30). The Kier molecular flexibility index (Phi) is 5.73. The summed E-state index contributed by atoms with van der Waals surface area (Å²) < 4.78 is 0. The summed E-state index contributed by atoms with van der Waals surface area (Å²) in [6.07, 6.45) is 15.8. The molecule has 164 valence electrons. The van der Waals surface area contributed by atoms with Gasteiger partial charge in [0.15, 0.2) is 0 Å². The Morgan fingerprint density at radius 1 is 1.15 bits per heavy atom. The number of nitrogens with zero attached hydrogens (tertiary/aromatic N) is 4. The fourth-order valence-electron chi connectivity index (χ4n) is 3.94. The monoisotopic (exact) mass is 436 g/mol. The molecule has 5 rings (SSSR count). The Morgan fingerprint density at radius 2 is 2.06 bits per heavy atom. The zero-order valence-electron chi connectivity index (χ0n) is 18.1. The molecule has 2 aromatic carbocycles. The van der Waals surface area contributed by atoms with Gasteiger partial charge < -0.3 is 15.5 Å². The van der Waals surface area contributed by atoms with Crippen molar-refractivity contribution >= 4 is 40.3 Å². The molecule has 1 aliphatic carbocycles. The first kappa shape index (κ1) is 20.7. The summed E-state index contributed by atoms with van der Waals surface area (Å²) in [7, 11) is 0. The van der Waals surface area contributed by atoms with Gasteiger partial charge in [0.05, 0.1) is 5.52 Å². The number of fused-ring (bicyclic) bond motifs is 1. The van der Waals surface area contributed by atoms with Crippen molar-refractivity contribution in [1.82, 2.24) is 14.9 Å².